The number of carboxylic acid groups (broad SMARTS) is 1. The van der Waals surface area contributed by atoms with E-state index in [4.69, 9.17) is 5.11 Å². The Hall–Kier alpha value is -1.11. The van der Waals surface area contributed by atoms with E-state index < -0.39 is 22.7 Å². The number of carboxylic acids is 1. The fourth-order valence-corrected chi connectivity index (χ4v) is 2.49. The Morgan fingerprint density at radius 3 is 2.58 bits per heavy atom. The van der Waals surface area contributed by atoms with Crippen LogP contribution in [0.3, 0.4) is 0 Å². The van der Waals surface area contributed by atoms with E-state index in [1.54, 1.807) is 13.2 Å². The lowest BCUT2D eigenvalue weighted by atomic mass is 9.84. The van der Waals surface area contributed by atoms with Crippen LogP contribution in [0.1, 0.15) is 32.6 Å². The van der Waals surface area contributed by atoms with Crippen molar-refractivity contribution in [2.24, 2.45) is 5.92 Å². The van der Waals surface area contributed by atoms with Crippen LogP contribution in [0.5, 0.6) is 0 Å². The summed E-state index contributed by atoms with van der Waals surface area (Å²) >= 11 is 0. The van der Waals surface area contributed by atoms with Gasteiger partial charge in [0, 0.05) is 34.9 Å². The minimum atomic E-state index is -0.984. The van der Waals surface area contributed by atoms with Crippen molar-refractivity contribution in [3.8, 4) is 0 Å². The summed E-state index contributed by atoms with van der Waals surface area (Å²) < 4.78 is 11.1. The molecule has 19 heavy (non-hydrogen) atoms. The third kappa shape index (κ3) is 5.18. The molecule has 0 aromatic heterocycles. The first-order chi connectivity index (χ1) is 8.91. The highest BCUT2D eigenvalue weighted by Crippen LogP contribution is 2.24. The Kier molecular flexibility index (Phi) is 6.27. The normalized spacial score (nSPS) is 26.2. The lowest BCUT2D eigenvalue weighted by Crippen LogP contribution is -2.50. The second-order valence-corrected chi connectivity index (χ2v) is 6.80. The van der Waals surface area contributed by atoms with E-state index in [0.717, 1.165) is 12.8 Å². The molecular weight excluding hydrogens is 268 g/mol. The van der Waals surface area contributed by atoms with Crippen LogP contribution in [-0.2, 0) is 15.6 Å². The largest absolute Gasteiger partial charge is 0.481 e. The second kappa shape index (κ2) is 7.47. The van der Waals surface area contributed by atoms with Gasteiger partial charge in [-0.05, 0) is 19.8 Å². The zero-order valence-corrected chi connectivity index (χ0v) is 12.2. The molecular formula is C12H22N2O4S. The average molecular weight is 290 g/mol. The van der Waals surface area contributed by atoms with Gasteiger partial charge < -0.3 is 15.7 Å². The predicted octanol–water partition coefficient (Wildman–Crippen LogP) is 0.696. The predicted molar refractivity (Wildman–Crippen MR) is 73.4 cm³/mol. The van der Waals surface area contributed by atoms with Crippen molar-refractivity contribution in [1.29, 1.82) is 0 Å². The number of nitrogens with one attached hydrogen (secondary N) is 2. The molecule has 2 amide bonds. The van der Waals surface area contributed by atoms with Crippen molar-refractivity contribution < 1.29 is 18.9 Å². The van der Waals surface area contributed by atoms with Gasteiger partial charge >= 0.3 is 12.0 Å². The first-order valence-electron chi connectivity index (χ1n) is 6.51. The van der Waals surface area contributed by atoms with Crippen LogP contribution < -0.4 is 10.6 Å². The van der Waals surface area contributed by atoms with Gasteiger partial charge in [-0.2, -0.15) is 0 Å². The average Bonchev–Trinajstić information content (AvgIpc) is 2.36. The van der Waals surface area contributed by atoms with Crippen molar-refractivity contribution in [1.82, 2.24) is 10.6 Å². The third-order valence-corrected chi connectivity index (χ3v) is 4.82. The Balaban J connectivity index is 2.41. The molecule has 110 valence electrons. The molecule has 0 aromatic carbocycles. The van der Waals surface area contributed by atoms with Gasteiger partial charge in [0.15, 0.2) is 0 Å². The number of urea groups is 1. The molecule has 1 aliphatic rings. The quantitative estimate of drug-likeness (QED) is 0.694. The van der Waals surface area contributed by atoms with Gasteiger partial charge in [0.2, 0.25) is 0 Å². The van der Waals surface area contributed by atoms with Gasteiger partial charge in [-0.15, -0.1) is 0 Å². The molecule has 1 aliphatic carbocycles. The highest BCUT2D eigenvalue weighted by molar-refractivity contribution is 7.84. The molecule has 1 fully saturated rings. The topological polar surface area (TPSA) is 95.5 Å². The standard InChI is InChI=1S/C12H22N2O4S/c1-8(19(2)18)7-13-12(17)14-10-6-4-3-5-9(10)11(15)16/h8-10H,3-7H2,1-2H3,(H,15,16)(H2,13,14,17). The molecule has 0 heterocycles. The summed E-state index contributed by atoms with van der Waals surface area (Å²) in [5.74, 6) is -1.36. The van der Waals surface area contributed by atoms with Gasteiger partial charge in [0.1, 0.15) is 0 Å². The SMILES string of the molecule is CC(CNC(=O)NC1CCCCC1C(=O)O)S(C)=O. The zero-order chi connectivity index (χ0) is 14.4. The third-order valence-electron chi connectivity index (χ3n) is 3.52. The van der Waals surface area contributed by atoms with E-state index in [1.165, 1.54) is 0 Å². The monoisotopic (exact) mass is 290 g/mol. The van der Waals surface area contributed by atoms with Crippen molar-refractivity contribution in [3.05, 3.63) is 0 Å². The molecule has 7 heteroatoms. The summed E-state index contributed by atoms with van der Waals surface area (Å²) in [5.41, 5.74) is 0. The molecule has 0 aliphatic heterocycles. The minimum absolute atomic E-state index is 0.118. The number of hydrogen-bond donors (Lipinski definition) is 3. The van der Waals surface area contributed by atoms with Crippen molar-refractivity contribution in [2.45, 2.75) is 43.9 Å². The smallest absolute Gasteiger partial charge is 0.315 e. The van der Waals surface area contributed by atoms with Gasteiger partial charge in [-0.3, -0.25) is 9.00 Å². The van der Waals surface area contributed by atoms with Gasteiger partial charge in [-0.1, -0.05) is 12.8 Å². The second-order valence-electron chi connectivity index (χ2n) is 5.00. The van der Waals surface area contributed by atoms with Crippen LogP contribution in [0.4, 0.5) is 4.79 Å². The summed E-state index contributed by atoms with van der Waals surface area (Å²) in [6.45, 7) is 2.11. The molecule has 0 spiro atoms. The highest BCUT2D eigenvalue weighted by atomic mass is 32.2. The molecule has 0 bridgehead atoms. The fraction of sp³-hybridized carbons (Fsp3) is 0.833. The summed E-state index contributed by atoms with van der Waals surface area (Å²) in [7, 11) is -0.984. The first-order valence-corrected chi connectivity index (χ1v) is 8.13. The van der Waals surface area contributed by atoms with Crippen LogP contribution in [0, 0.1) is 5.92 Å². The Morgan fingerprint density at radius 1 is 1.37 bits per heavy atom. The molecule has 0 aromatic rings. The molecule has 3 N–H and O–H groups in total. The van der Waals surface area contributed by atoms with Crippen LogP contribution in [0.25, 0.3) is 0 Å². The molecule has 4 unspecified atom stereocenters. The van der Waals surface area contributed by atoms with Crippen molar-refractivity contribution in [2.75, 3.05) is 12.8 Å². The van der Waals surface area contributed by atoms with Gasteiger partial charge in [0.05, 0.1) is 5.92 Å². The number of carbonyl (C=O) groups is 2. The maximum atomic E-state index is 11.7. The minimum Gasteiger partial charge on any atom is -0.481 e. The van der Waals surface area contributed by atoms with Crippen LogP contribution in [0.2, 0.25) is 0 Å². The molecule has 1 rings (SSSR count). The summed E-state index contributed by atoms with van der Waals surface area (Å²) in [5, 5.41) is 14.3. The summed E-state index contributed by atoms with van der Waals surface area (Å²) in [4.78, 5) is 22.8. The van der Waals surface area contributed by atoms with E-state index in [1.807, 2.05) is 0 Å². The number of aliphatic carboxylic acids is 1. The zero-order valence-electron chi connectivity index (χ0n) is 11.3. The number of amides is 2. The summed E-state index contributed by atoms with van der Waals surface area (Å²) in [6.07, 6.45) is 4.72. The molecule has 0 saturated heterocycles. The van der Waals surface area contributed by atoms with E-state index in [2.05, 4.69) is 10.6 Å². The molecule has 6 nitrogen and oxygen atoms in total. The van der Waals surface area contributed by atoms with E-state index in [-0.39, 0.29) is 17.3 Å². The summed E-state index contributed by atoms with van der Waals surface area (Å²) in [6, 6.07) is -0.691. The van der Waals surface area contributed by atoms with Gasteiger partial charge in [-0.25, -0.2) is 4.79 Å². The Labute approximate surface area is 115 Å². The molecule has 0 radical (unpaired) electrons. The maximum Gasteiger partial charge on any atom is 0.315 e. The van der Waals surface area contributed by atoms with E-state index >= 15 is 0 Å². The van der Waals surface area contributed by atoms with Crippen LogP contribution in [-0.4, -0.2) is 45.4 Å². The first kappa shape index (κ1) is 15.9. The lowest BCUT2D eigenvalue weighted by molar-refractivity contribution is -0.143. The molecule has 4 atom stereocenters. The van der Waals surface area contributed by atoms with Crippen LogP contribution >= 0.6 is 0 Å². The van der Waals surface area contributed by atoms with E-state index in [0.29, 0.717) is 19.4 Å². The van der Waals surface area contributed by atoms with E-state index in [9.17, 15) is 13.8 Å². The van der Waals surface area contributed by atoms with Gasteiger partial charge in [0.25, 0.3) is 0 Å². The highest BCUT2D eigenvalue weighted by Gasteiger charge is 2.31. The Bertz CT molecular complexity index is 362. The van der Waals surface area contributed by atoms with Crippen LogP contribution in [0.15, 0.2) is 0 Å². The maximum absolute atomic E-state index is 11.7. The Morgan fingerprint density at radius 2 is 2.00 bits per heavy atom. The van der Waals surface area contributed by atoms with Crippen molar-refractivity contribution in [3.63, 3.8) is 0 Å². The lowest BCUT2D eigenvalue weighted by Gasteiger charge is -2.29. The molecule has 1 saturated carbocycles. The fourth-order valence-electron chi connectivity index (χ4n) is 2.17. The number of rotatable bonds is 5. The van der Waals surface area contributed by atoms with Crippen molar-refractivity contribution >= 4 is 22.8 Å². The number of carbonyl (C=O) groups excluding carboxylic acids is 1. The number of hydrogen-bond acceptors (Lipinski definition) is 3.